The largest absolute Gasteiger partial charge is 0.399 e. The van der Waals surface area contributed by atoms with Gasteiger partial charge in [-0.3, -0.25) is 4.90 Å². The molecule has 2 heterocycles. The van der Waals surface area contributed by atoms with Crippen molar-refractivity contribution in [1.29, 1.82) is 0 Å². The molecule has 0 radical (unpaired) electrons. The van der Waals surface area contributed by atoms with Gasteiger partial charge in [-0.2, -0.15) is 0 Å². The highest BCUT2D eigenvalue weighted by Gasteiger charge is 2.22. The average Bonchev–Trinajstić information content (AvgIpc) is 2.92. The molecule has 1 aliphatic heterocycles. The number of fused-ring (bicyclic) bond motifs is 1. The molecule has 0 bridgehead atoms. The topological polar surface area (TPSA) is 67.1 Å². The second kappa shape index (κ2) is 5.63. The van der Waals surface area contributed by atoms with Crippen molar-refractivity contribution in [2.75, 3.05) is 30.7 Å². The molecule has 20 heavy (non-hydrogen) atoms. The molecule has 3 rings (SSSR count). The summed E-state index contributed by atoms with van der Waals surface area (Å²) < 4.78 is 0. The molecule has 2 aromatic rings. The van der Waals surface area contributed by atoms with E-state index in [1.807, 2.05) is 18.2 Å². The lowest BCUT2D eigenvalue weighted by Gasteiger charge is -2.23. The zero-order chi connectivity index (χ0) is 13.9. The van der Waals surface area contributed by atoms with E-state index in [0.717, 1.165) is 35.5 Å². The monoisotopic (exact) mass is 271 g/mol. The fourth-order valence-electron chi connectivity index (χ4n) is 2.97. The summed E-state index contributed by atoms with van der Waals surface area (Å²) in [6.07, 6.45) is 4.15. The quantitative estimate of drug-likeness (QED) is 0.834. The minimum atomic E-state index is 0.610. The molecule has 5 nitrogen and oxygen atoms in total. The Morgan fingerprint density at radius 1 is 1.40 bits per heavy atom. The van der Waals surface area contributed by atoms with Crippen molar-refractivity contribution in [2.45, 2.75) is 25.8 Å². The first-order valence-electron chi connectivity index (χ1n) is 7.26. The van der Waals surface area contributed by atoms with E-state index >= 15 is 0 Å². The van der Waals surface area contributed by atoms with Gasteiger partial charge in [0.25, 0.3) is 0 Å². The van der Waals surface area contributed by atoms with Crippen molar-refractivity contribution in [2.24, 2.45) is 0 Å². The number of likely N-dealkylation sites (tertiary alicyclic amines) is 1. The van der Waals surface area contributed by atoms with Crippen molar-refractivity contribution >= 4 is 22.4 Å². The van der Waals surface area contributed by atoms with Crippen LogP contribution in [0.1, 0.15) is 19.8 Å². The first-order chi connectivity index (χ1) is 9.78. The number of nitrogens with zero attached hydrogens (tertiary/aromatic N) is 3. The average molecular weight is 271 g/mol. The Labute approximate surface area is 119 Å². The van der Waals surface area contributed by atoms with E-state index in [-0.39, 0.29) is 0 Å². The predicted molar refractivity (Wildman–Crippen MR) is 82.7 cm³/mol. The number of likely N-dealkylation sites (N-methyl/N-ethyl adjacent to an activating group) is 1. The number of benzene rings is 1. The number of nitrogens with two attached hydrogens (primary N) is 1. The van der Waals surface area contributed by atoms with Crippen LogP contribution >= 0.6 is 0 Å². The van der Waals surface area contributed by atoms with Crippen LogP contribution in [-0.4, -0.2) is 40.5 Å². The number of hydrogen-bond donors (Lipinski definition) is 2. The van der Waals surface area contributed by atoms with Crippen molar-refractivity contribution in [3.63, 3.8) is 0 Å². The van der Waals surface area contributed by atoms with Crippen molar-refractivity contribution in [3.8, 4) is 0 Å². The van der Waals surface area contributed by atoms with Gasteiger partial charge in [0.2, 0.25) is 0 Å². The Bertz CT molecular complexity index is 598. The minimum absolute atomic E-state index is 0.610. The Balaban J connectivity index is 1.77. The van der Waals surface area contributed by atoms with E-state index in [0.29, 0.717) is 6.04 Å². The molecule has 1 fully saturated rings. The number of hydrogen-bond acceptors (Lipinski definition) is 5. The van der Waals surface area contributed by atoms with Crippen LogP contribution in [-0.2, 0) is 0 Å². The SMILES string of the molecule is CCN1CCCC1CNc1ncnc2cc(N)ccc12. The molecule has 5 heteroatoms. The molecule has 1 saturated heterocycles. The van der Waals surface area contributed by atoms with Gasteiger partial charge < -0.3 is 11.1 Å². The molecular formula is C15H21N5. The van der Waals surface area contributed by atoms with Crippen LogP contribution in [0.4, 0.5) is 11.5 Å². The van der Waals surface area contributed by atoms with Gasteiger partial charge in [0.15, 0.2) is 0 Å². The second-order valence-electron chi connectivity index (χ2n) is 5.30. The summed E-state index contributed by atoms with van der Waals surface area (Å²) in [5, 5.41) is 4.51. The lowest BCUT2D eigenvalue weighted by atomic mass is 10.2. The van der Waals surface area contributed by atoms with Gasteiger partial charge in [0, 0.05) is 23.7 Å². The van der Waals surface area contributed by atoms with Crippen LogP contribution in [0.25, 0.3) is 10.9 Å². The fourth-order valence-corrected chi connectivity index (χ4v) is 2.97. The van der Waals surface area contributed by atoms with E-state index in [2.05, 4.69) is 27.1 Å². The number of aromatic nitrogens is 2. The highest BCUT2D eigenvalue weighted by atomic mass is 15.2. The van der Waals surface area contributed by atoms with Crippen LogP contribution in [0.15, 0.2) is 24.5 Å². The summed E-state index contributed by atoms with van der Waals surface area (Å²) >= 11 is 0. The van der Waals surface area contributed by atoms with Gasteiger partial charge in [-0.25, -0.2) is 9.97 Å². The van der Waals surface area contributed by atoms with Gasteiger partial charge in [-0.1, -0.05) is 6.92 Å². The maximum atomic E-state index is 5.80. The Kier molecular flexibility index (Phi) is 3.69. The molecule has 1 aromatic carbocycles. The standard InChI is InChI=1S/C15H21N5/c1-2-20-7-3-4-12(20)9-17-15-13-6-5-11(16)8-14(13)18-10-19-15/h5-6,8,10,12H,2-4,7,9,16H2,1H3,(H,17,18,19). The smallest absolute Gasteiger partial charge is 0.137 e. The molecule has 0 saturated carbocycles. The summed E-state index contributed by atoms with van der Waals surface area (Å²) in [5.41, 5.74) is 7.42. The van der Waals surface area contributed by atoms with Crippen LogP contribution in [0.2, 0.25) is 0 Å². The maximum Gasteiger partial charge on any atom is 0.137 e. The molecule has 1 aliphatic rings. The highest BCUT2D eigenvalue weighted by molar-refractivity contribution is 5.90. The summed E-state index contributed by atoms with van der Waals surface area (Å²) in [7, 11) is 0. The highest BCUT2D eigenvalue weighted by Crippen LogP contribution is 2.22. The van der Waals surface area contributed by atoms with Crippen LogP contribution in [0.5, 0.6) is 0 Å². The molecule has 1 aromatic heterocycles. The summed E-state index contributed by atoms with van der Waals surface area (Å²) in [6, 6.07) is 6.37. The third-order valence-electron chi connectivity index (χ3n) is 4.07. The van der Waals surface area contributed by atoms with Crippen LogP contribution in [0.3, 0.4) is 0 Å². The minimum Gasteiger partial charge on any atom is -0.399 e. The molecule has 0 aliphatic carbocycles. The van der Waals surface area contributed by atoms with Gasteiger partial charge in [0.05, 0.1) is 5.52 Å². The Hall–Kier alpha value is -1.88. The number of rotatable bonds is 4. The summed E-state index contributed by atoms with van der Waals surface area (Å²) in [6.45, 7) is 5.49. The number of nitrogen functional groups attached to an aromatic ring is 1. The third-order valence-corrected chi connectivity index (χ3v) is 4.07. The summed E-state index contributed by atoms with van der Waals surface area (Å²) in [5.74, 6) is 0.901. The van der Waals surface area contributed by atoms with Crippen molar-refractivity contribution < 1.29 is 0 Å². The van der Waals surface area contributed by atoms with E-state index in [4.69, 9.17) is 5.73 Å². The summed E-state index contributed by atoms with van der Waals surface area (Å²) in [4.78, 5) is 11.2. The molecule has 3 N–H and O–H groups in total. The van der Waals surface area contributed by atoms with Gasteiger partial charge in [-0.15, -0.1) is 0 Å². The molecular weight excluding hydrogens is 250 g/mol. The van der Waals surface area contributed by atoms with Gasteiger partial charge in [0.1, 0.15) is 12.1 Å². The first-order valence-corrected chi connectivity index (χ1v) is 7.26. The Morgan fingerprint density at radius 2 is 2.30 bits per heavy atom. The second-order valence-corrected chi connectivity index (χ2v) is 5.30. The molecule has 106 valence electrons. The number of nitrogens with one attached hydrogen (secondary N) is 1. The normalized spacial score (nSPS) is 19.6. The molecule has 1 atom stereocenters. The zero-order valence-corrected chi connectivity index (χ0v) is 11.8. The van der Waals surface area contributed by atoms with E-state index in [9.17, 15) is 0 Å². The van der Waals surface area contributed by atoms with E-state index < -0.39 is 0 Å². The molecule has 0 amide bonds. The third kappa shape index (κ3) is 2.54. The lowest BCUT2D eigenvalue weighted by molar-refractivity contribution is 0.277. The molecule has 0 spiro atoms. The van der Waals surface area contributed by atoms with Crippen LogP contribution < -0.4 is 11.1 Å². The zero-order valence-electron chi connectivity index (χ0n) is 11.8. The van der Waals surface area contributed by atoms with E-state index in [1.165, 1.54) is 19.4 Å². The van der Waals surface area contributed by atoms with E-state index in [1.54, 1.807) is 6.33 Å². The number of anilines is 2. The van der Waals surface area contributed by atoms with Gasteiger partial charge in [-0.05, 0) is 44.1 Å². The maximum absolute atomic E-state index is 5.80. The van der Waals surface area contributed by atoms with Crippen molar-refractivity contribution in [3.05, 3.63) is 24.5 Å². The first kappa shape index (κ1) is 13.1. The predicted octanol–water partition coefficient (Wildman–Crippen LogP) is 2.11. The fraction of sp³-hybridized carbons (Fsp3) is 0.467. The van der Waals surface area contributed by atoms with Gasteiger partial charge >= 0.3 is 0 Å². The molecule has 1 unspecified atom stereocenters. The van der Waals surface area contributed by atoms with Crippen LogP contribution in [0, 0.1) is 0 Å². The van der Waals surface area contributed by atoms with Crippen molar-refractivity contribution in [1.82, 2.24) is 14.9 Å². The Morgan fingerprint density at radius 3 is 3.15 bits per heavy atom. The lowest BCUT2D eigenvalue weighted by Crippen LogP contribution is -2.34.